The van der Waals surface area contributed by atoms with Gasteiger partial charge in [0.1, 0.15) is 11.5 Å². The number of hydrogen-bond acceptors (Lipinski definition) is 2. The standard InChI is InChI=1S/C16H16O2/c1-8-2-5-11-12(6-8)16(18)14-10-4-3-9(7-10)13(14)15(11)17/h2,5-6,9-10,17-18H,3-4,7H2,1H3. The molecular formula is C16H16O2. The van der Waals surface area contributed by atoms with Crippen LogP contribution in [0.5, 0.6) is 11.5 Å². The zero-order valence-electron chi connectivity index (χ0n) is 10.4. The Balaban J connectivity index is 2.17. The van der Waals surface area contributed by atoms with Gasteiger partial charge in [-0.3, -0.25) is 0 Å². The molecule has 2 unspecified atom stereocenters. The van der Waals surface area contributed by atoms with Crippen LogP contribution in [0.1, 0.15) is 47.8 Å². The van der Waals surface area contributed by atoms with Crippen molar-refractivity contribution in [3.8, 4) is 11.5 Å². The fourth-order valence-electron chi connectivity index (χ4n) is 3.94. The van der Waals surface area contributed by atoms with Gasteiger partial charge >= 0.3 is 0 Å². The Bertz CT molecular complexity index is 673. The summed E-state index contributed by atoms with van der Waals surface area (Å²) in [5.74, 6) is 1.74. The summed E-state index contributed by atoms with van der Waals surface area (Å²) in [5.41, 5.74) is 3.17. The van der Waals surface area contributed by atoms with Crippen molar-refractivity contribution < 1.29 is 10.2 Å². The second-order valence-corrected chi connectivity index (χ2v) is 5.78. The van der Waals surface area contributed by atoms with Gasteiger partial charge in [-0.2, -0.15) is 0 Å². The monoisotopic (exact) mass is 240 g/mol. The quantitative estimate of drug-likeness (QED) is 0.685. The Morgan fingerprint density at radius 3 is 2.22 bits per heavy atom. The average Bonchev–Trinajstić information content (AvgIpc) is 2.96. The Labute approximate surface area is 106 Å². The van der Waals surface area contributed by atoms with Crippen molar-refractivity contribution in [3.63, 3.8) is 0 Å². The fraction of sp³-hybridized carbons (Fsp3) is 0.375. The number of fused-ring (bicyclic) bond motifs is 6. The van der Waals surface area contributed by atoms with E-state index in [0.29, 0.717) is 23.3 Å². The minimum atomic E-state index is 0.407. The van der Waals surface area contributed by atoms with E-state index in [1.165, 1.54) is 0 Å². The van der Waals surface area contributed by atoms with E-state index < -0.39 is 0 Å². The maximum Gasteiger partial charge on any atom is 0.127 e. The smallest absolute Gasteiger partial charge is 0.127 e. The number of benzene rings is 2. The first-order valence-electron chi connectivity index (χ1n) is 6.65. The molecule has 0 saturated heterocycles. The number of aromatic hydroxyl groups is 2. The second-order valence-electron chi connectivity index (χ2n) is 5.78. The first kappa shape index (κ1) is 10.2. The molecule has 4 rings (SSSR count). The number of aryl methyl sites for hydroxylation is 1. The lowest BCUT2D eigenvalue weighted by Gasteiger charge is -2.20. The zero-order chi connectivity index (χ0) is 12.4. The first-order chi connectivity index (χ1) is 8.66. The summed E-state index contributed by atoms with van der Waals surface area (Å²) < 4.78 is 0. The van der Waals surface area contributed by atoms with E-state index in [9.17, 15) is 10.2 Å². The highest BCUT2D eigenvalue weighted by Crippen LogP contribution is 2.60. The highest BCUT2D eigenvalue weighted by Gasteiger charge is 2.41. The van der Waals surface area contributed by atoms with Crippen molar-refractivity contribution in [2.45, 2.75) is 38.0 Å². The molecule has 0 heterocycles. The van der Waals surface area contributed by atoms with E-state index in [1.807, 2.05) is 25.1 Å². The molecule has 0 spiro atoms. The van der Waals surface area contributed by atoms with E-state index in [2.05, 4.69) is 0 Å². The lowest BCUT2D eigenvalue weighted by molar-refractivity contribution is 0.452. The predicted molar refractivity (Wildman–Crippen MR) is 71.3 cm³/mol. The van der Waals surface area contributed by atoms with Gasteiger partial charge in [0.25, 0.3) is 0 Å². The normalized spacial score (nSPS) is 24.7. The van der Waals surface area contributed by atoms with Crippen LogP contribution in [0.3, 0.4) is 0 Å². The van der Waals surface area contributed by atoms with Crippen molar-refractivity contribution in [3.05, 3.63) is 34.9 Å². The van der Waals surface area contributed by atoms with Gasteiger partial charge in [-0.05, 0) is 44.1 Å². The zero-order valence-corrected chi connectivity index (χ0v) is 10.4. The Morgan fingerprint density at radius 2 is 1.56 bits per heavy atom. The van der Waals surface area contributed by atoms with E-state index in [-0.39, 0.29) is 0 Å². The van der Waals surface area contributed by atoms with Crippen molar-refractivity contribution in [2.75, 3.05) is 0 Å². The molecule has 0 aliphatic heterocycles. The third-order valence-corrected chi connectivity index (χ3v) is 4.73. The van der Waals surface area contributed by atoms with Crippen LogP contribution in [0.15, 0.2) is 18.2 Å². The van der Waals surface area contributed by atoms with Gasteiger partial charge in [0.15, 0.2) is 0 Å². The van der Waals surface area contributed by atoms with Crippen LogP contribution < -0.4 is 0 Å². The maximum absolute atomic E-state index is 10.5. The van der Waals surface area contributed by atoms with E-state index in [4.69, 9.17) is 0 Å². The molecular weight excluding hydrogens is 224 g/mol. The molecule has 92 valence electrons. The highest BCUT2D eigenvalue weighted by atomic mass is 16.3. The van der Waals surface area contributed by atoms with Gasteiger partial charge in [0.2, 0.25) is 0 Å². The molecule has 0 radical (unpaired) electrons. The average molecular weight is 240 g/mol. The van der Waals surface area contributed by atoms with Crippen molar-refractivity contribution in [1.29, 1.82) is 0 Å². The number of rotatable bonds is 0. The molecule has 2 aliphatic rings. The predicted octanol–water partition coefficient (Wildman–Crippen LogP) is 3.92. The Morgan fingerprint density at radius 1 is 0.944 bits per heavy atom. The summed E-state index contributed by atoms with van der Waals surface area (Å²) in [7, 11) is 0. The summed E-state index contributed by atoms with van der Waals surface area (Å²) in [6.45, 7) is 2.01. The van der Waals surface area contributed by atoms with Crippen LogP contribution in [0.2, 0.25) is 0 Å². The third kappa shape index (κ3) is 1.08. The molecule has 0 aromatic heterocycles. The van der Waals surface area contributed by atoms with Crippen molar-refractivity contribution in [1.82, 2.24) is 0 Å². The lowest BCUT2D eigenvalue weighted by Crippen LogP contribution is -1.99. The molecule has 2 heteroatoms. The molecule has 2 aliphatic carbocycles. The molecule has 2 aromatic carbocycles. The summed E-state index contributed by atoms with van der Waals surface area (Å²) in [6, 6.07) is 5.88. The van der Waals surface area contributed by atoms with E-state index >= 15 is 0 Å². The molecule has 2 aromatic rings. The van der Waals surface area contributed by atoms with Crippen molar-refractivity contribution >= 4 is 10.8 Å². The largest absolute Gasteiger partial charge is 0.507 e. The topological polar surface area (TPSA) is 40.5 Å². The lowest BCUT2D eigenvalue weighted by atomic mass is 9.87. The molecule has 2 nitrogen and oxygen atoms in total. The third-order valence-electron chi connectivity index (χ3n) is 4.73. The van der Waals surface area contributed by atoms with Crippen molar-refractivity contribution in [2.24, 2.45) is 0 Å². The van der Waals surface area contributed by atoms with Crippen LogP contribution in [-0.4, -0.2) is 10.2 Å². The van der Waals surface area contributed by atoms with Gasteiger partial charge in [0, 0.05) is 21.9 Å². The maximum atomic E-state index is 10.5. The minimum absolute atomic E-state index is 0.407. The summed E-state index contributed by atoms with van der Waals surface area (Å²) >= 11 is 0. The van der Waals surface area contributed by atoms with Crippen LogP contribution in [-0.2, 0) is 0 Å². The SMILES string of the molecule is Cc1ccc2c(O)c3c(c(O)c2c1)C1CCC3C1. The second kappa shape index (κ2) is 3.19. The van der Waals surface area contributed by atoms with Crippen LogP contribution >= 0.6 is 0 Å². The fourth-order valence-corrected chi connectivity index (χ4v) is 3.94. The minimum Gasteiger partial charge on any atom is -0.507 e. The van der Waals surface area contributed by atoms with E-state index in [0.717, 1.165) is 46.7 Å². The first-order valence-corrected chi connectivity index (χ1v) is 6.65. The highest BCUT2D eigenvalue weighted by molar-refractivity contribution is 5.97. The van der Waals surface area contributed by atoms with Gasteiger partial charge in [-0.1, -0.05) is 17.7 Å². The molecule has 1 fully saturated rings. The van der Waals surface area contributed by atoms with Gasteiger partial charge in [-0.25, -0.2) is 0 Å². The van der Waals surface area contributed by atoms with E-state index in [1.54, 1.807) is 0 Å². The van der Waals surface area contributed by atoms with Crippen LogP contribution in [0.25, 0.3) is 10.8 Å². The van der Waals surface area contributed by atoms with Gasteiger partial charge < -0.3 is 10.2 Å². The number of phenolic OH excluding ortho intramolecular Hbond substituents is 2. The molecule has 0 amide bonds. The summed E-state index contributed by atoms with van der Waals surface area (Å²) in [4.78, 5) is 0. The molecule has 2 bridgehead atoms. The molecule has 1 saturated carbocycles. The van der Waals surface area contributed by atoms with Crippen LogP contribution in [0.4, 0.5) is 0 Å². The molecule has 2 N–H and O–H groups in total. The van der Waals surface area contributed by atoms with Crippen LogP contribution in [0, 0.1) is 6.92 Å². The molecule has 2 atom stereocenters. The molecule has 18 heavy (non-hydrogen) atoms. The Hall–Kier alpha value is -1.70. The number of phenols is 2. The number of hydrogen-bond donors (Lipinski definition) is 2. The summed E-state index contributed by atoms with van der Waals surface area (Å²) in [5, 5.41) is 22.6. The van der Waals surface area contributed by atoms with Gasteiger partial charge in [0.05, 0.1) is 0 Å². The summed E-state index contributed by atoms with van der Waals surface area (Å²) in [6.07, 6.45) is 3.41. The van der Waals surface area contributed by atoms with Gasteiger partial charge in [-0.15, -0.1) is 0 Å². The Kier molecular flexibility index (Phi) is 1.82.